The Morgan fingerprint density at radius 1 is 0.237 bits per heavy atom. The van der Waals surface area contributed by atoms with E-state index in [9.17, 15) is 9.59 Å². The van der Waals surface area contributed by atoms with Gasteiger partial charge >= 0.3 is 0 Å². The summed E-state index contributed by atoms with van der Waals surface area (Å²) in [7, 11) is 0. The van der Waals surface area contributed by atoms with Crippen LogP contribution in [0.15, 0.2) is 291 Å². The normalized spacial score (nSPS) is 11.3. The Balaban J connectivity index is 0.829. The van der Waals surface area contributed by atoms with Crippen molar-refractivity contribution in [2.75, 3.05) is 9.80 Å². The molecule has 6 nitrogen and oxygen atoms in total. The van der Waals surface area contributed by atoms with Crippen molar-refractivity contribution in [1.29, 1.82) is 0 Å². The minimum absolute atomic E-state index is 0.658. The molecule has 0 radical (unpaired) electrons. The fourth-order valence-electron chi connectivity index (χ4n) is 11.5. The van der Waals surface area contributed by atoms with Gasteiger partial charge in [0.25, 0.3) is 0 Å². The largest absolute Gasteiger partial charge is 0.310 e. The third kappa shape index (κ3) is 8.58. The lowest BCUT2D eigenvalue weighted by atomic mass is 10.0. The Kier molecular flexibility index (Phi) is 12.1. The molecular formula is C74H50N4O2. The molecule has 0 saturated heterocycles. The van der Waals surface area contributed by atoms with Gasteiger partial charge in [-0.2, -0.15) is 0 Å². The maximum atomic E-state index is 11.5. The van der Waals surface area contributed by atoms with Crippen molar-refractivity contribution in [3.63, 3.8) is 0 Å². The van der Waals surface area contributed by atoms with E-state index in [2.05, 4.69) is 262 Å². The van der Waals surface area contributed by atoms with Gasteiger partial charge in [0, 0.05) is 78.2 Å². The van der Waals surface area contributed by atoms with Gasteiger partial charge in [0.2, 0.25) is 0 Å². The summed E-state index contributed by atoms with van der Waals surface area (Å²) in [5, 5.41) is 4.57. The molecule has 80 heavy (non-hydrogen) atoms. The Morgan fingerprint density at radius 3 is 0.850 bits per heavy atom. The van der Waals surface area contributed by atoms with Crippen molar-refractivity contribution < 1.29 is 9.59 Å². The van der Waals surface area contributed by atoms with Gasteiger partial charge in [0.15, 0.2) is 0 Å². The van der Waals surface area contributed by atoms with E-state index in [-0.39, 0.29) is 0 Å². The van der Waals surface area contributed by atoms with Gasteiger partial charge in [0.1, 0.15) is 12.6 Å². The zero-order valence-corrected chi connectivity index (χ0v) is 43.5. The smallest absolute Gasteiger partial charge is 0.150 e. The van der Waals surface area contributed by atoms with E-state index >= 15 is 0 Å². The van der Waals surface area contributed by atoms with E-state index in [1.54, 1.807) is 0 Å². The molecule has 0 saturated carbocycles. The van der Waals surface area contributed by atoms with Gasteiger partial charge in [0.05, 0.1) is 22.1 Å². The SMILES string of the molecule is O=Cc1ccc(-c2ccc3c(c2)c2cc(N(c4ccccc4)c4ccc(-c5ccc(N(c6ccccc6)c6ccc7c(c6)c6cc(-c8ccc(C=O)cc8)ccc6n7-c6ccccc6)cc5)cc4)ccc2n3-c2ccccc2)cc1. The van der Waals surface area contributed by atoms with Crippen molar-refractivity contribution in [3.05, 3.63) is 302 Å². The molecule has 378 valence electrons. The Hall–Kier alpha value is -10.8. The van der Waals surface area contributed by atoms with E-state index in [4.69, 9.17) is 0 Å². The van der Waals surface area contributed by atoms with E-state index in [1.807, 2.05) is 48.5 Å². The number of benzene rings is 12. The molecule has 12 aromatic carbocycles. The highest BCUT2D eigenvalue weighted by Gasteiger charge is 2.21. The Bertz CT molecular complexity index is 4280. The molecule has 0 amide bonds. The topological polar surface area (TPSA) is 50.5 Å². The van der Waals surface area contributed by atoms with Crippen molar-refractivity contribution in [2.45, 2.75) is 0 Å². The molecule has 14 aromatic rings. The molecule has 0 aliphatic rings. The summed E-state index contributed by atoms with van der Waals surface area (Å²) in [6.07, 6.45) is 1.77. The second kappa shape index (κ2) is 20.3. The number of fused-ring (bicyclic) bond motifs is 6. The third-order valence-electron chi connectivity index (χ3n) is 15.4. The molecule has 0 unspecified atom stereocenters. The van der Waals surface area contributed by atoms with Crippen LogP contribution in [-0.2, 0) is 0 Å². The predicted molar refractivity (Wildman–Crippen MR) is 332 cm³/mol. The van der Waals surface area contributed by atoms with Crippen LogP contribution in [0.2, 0.25) is 0 Å². The van der Waals surface area contributed by atoms with Crippen LogP contribution in [0.5, 0.6) is 0 Å². The van der Waals surface area contributed by atoms with Gasteiger partial charge in [-0.25, -0.2) is 0 Å². The van der Waals surface area contributed by atoms with Crippen LogP contribution in [0.1, 0.15) is 20.7 Å². The lowest BCUT2D eigenvalue weighted by Crippen LogP contribution is -2.10. The van der Waals surface area contributed by atoms with Crippen LogP contribution in [-0.4, -0.2) is 21.7 Å². The number of anilines is 6. The van der Waals surface area contributed by atoms with Gasteiger partial charge < -0.3 is 18.9 Å². The summed E-state index contributed by atoms with van der Waals surface area (Å²) in [6.45, 7) is 0. The molecule has 2 heterocycles. The molecule has 0 aliphatic carbocycles. The van der Waals surface area contributed by atoms with Crippen LogP contribution in [0, 0.1) is 0 Å². The average molecular weight is 1030 g/mol. The quantitative estimate of drug-likeness (QED) is 0.108. The van der Waals surface area contributed by atoms with Crippen molar-refractivity contribution in [2.24, 2.45) is 0 Å². The Morgan fingerprint density at radius 2 is 0.500 bits per heavy atom. The van der Waals surface area contributed by atoms with Gasteiger partial charge in [-0.15, -0.1) is 0 Å². The lowest BCUT2D eigenvalue weighted by molar-refractivity contribution is 0.111. The molecule has 0 aliphatic heterocycles. The highest BCUT2D eigenvalue weighted by Crippen LogP contribution is 2.44. The number of aromatic nitrogens is 2. The summed E-state index contributed by atoms with van der Waals surface area (Å²) >= 11 is 0. The molecule has 0 fully saturated rings. The number of para-hydroxylation sites is 4. The van der Waals surface area contributed by atoms with Crippen molar-refractivity contribution in [1.82, 2.24) is 9.13 Å². The first-order valence-corrected chi connectivity index (χ1v) is 26.9. The molecular weight excluding hydrogens is 977 g/mol. The highest BCUT2D eigenvalue weighted by atomic mass is 16.1. The van der Waals surface area contributed by atoms with Crippen molar-refractivity contribution in [3.8, 4) is 44.8 Å². The van der Waals surface area contributed by atoms with Crippen LogP contribution in [0.3, 0.4) is 0 Å². The van der Waals surface area contributed by atoms with Gasteiger partial charge in [-0.3, -0.25) is 9.59 Å². The summed E-state index contributed by atoms with van der Waals surface area (Å²) in [6, 6.07) is 102. The van der Waals surface area contributed by atoms with E-state index in [0.29, 0.717) is 11.1 Å². The molecule has 6 heteroatoms. The van der Waals surface area contributed by atoms with E-state index in [0.717, 1.165) is 135 Å². The highest BCUT2D eigenvalue weighted by molar-refractivity contribution is 6.13. The minimum atomic E-state index is 0.658. The zero-order valence-electron chi connectivity index (χ0n) is 43.5. The minimum Gasteiger partial charge on any atom is -0.310 e. The first-order chi connectivity index (χ1) is 39.6. The van der Waals surface area contributed by atoms with E-state index < -0.39 is 0 Å². The maximum Gasteiger partial charge on any atom is 0.150 e. The number of hydrogen-bond acceptors (Lipinski definition) is 4. The Labute approximate surface area is 463 Å². The predicted octanol–water partition coefficient (Wildman–Crippen LogP) is 19.4. The zero-order chi connectivity index (χ0) is 53.5. The van der Waals surface area contributed by atoms with Gasteiger partial charge in [-0.05, 0) is 167 Å². The standard InChI is InChI=1S/C74H50N4O2/c79-49-51-21-25-55(26-22-51)57-33-41-71-67(45-57)69-47-65(39-43-73(69)77(71)61-17-9-3-10-18-61)75(59-13-5-1-6-14-59)63-35-29-53(30-36-63)54-31-37-64(38-32-54)76(60-15-7-2-8-16-60)66-40-44-74-70(48-66)68-46-58(56-27-23-52(50-80)24-28-56)34-42-72(68)78(74)62-19-11-4-12-20-62/h1-50H. The average Bonchev–Trinajstić information content (AvgIpc) is 4.15. The molecule has 0 spiro atoms. The monoisotopic (exact) mass is 1030 g/mol. The van der Waals surface area contributed by atoms with Crippen LogP contribution in [0.4, 0.5) is 34.1 Å². The molecule has 2 aromatic heterocycles. The fraction of sp³-hybridized carbons (Fsp3) is 0. The summed E-state index contributed by atoms with van der Waals surface area (Å²) < 4.78 is 4.69. The first kappa shape index (κ1) is 47.6. The van der Waals surface area contributed by atoms with E-state index in [1.165, 1.54) is 0 Å². The fourth-order valence-corrected chi connectivity index (χ4v) is 11.5. The summed E-state index contributed by atoms with van der Waals surface area (Å²) in [4.78, 5) is 27.7. The maximum absolute atomic E-state index is 11.5. The third-order valence-corrected chi connectivity index (χ3v) is 15.4. The lowest BCUT2D eigenvalue weighted by Gasteiger charge is -2.26. The molecule has 0 atom stereocenters. The second-order valence-electron chi connectivity index (χ2n) is 20.1. The summed E-state index contributed by atoms with van der Waals surface area (Å²) in [5.41, 5.74) is 20.8. The van der Waals surface area contributed by atoms with Gasteiger partial charge in [-0.1, -0.05) is 158 Å². The number of carbonyl (C=O) groups is 2. The van der Waals surface area contributed by atoms with Crippen LogP contribution >= 0.6 is 0 Å². The molecule has 0 N–H and O–H groups in total. The number of rotatable bonds is 13. The number of hydrogen-bond donors (Lipinski definition) is 0. The molecule has 14 rings (SSSR count). The number of carbonyl (C=O) groups excluding carboxylic acids is 2. The van der Waals surface area contributed by atoms with Crippen LogP contribution in [0.25, 0.3) is 88.4 Å². The summed E-state index contributed by atoms with van der Waals surface area (Å²) in [5.74, 6) is 0. The number of aldehydes is 2. The number of nitrogens with zero attached hydrogens (tertiary/aromatic N) is 4. The van der Waals surface area contributed by atoms with Crippen LogP contribution < -0.4 is 9.80 Å². The molecule has 0 bridgehead atoms. The first-order valence-electron chi connectivity index (χ1n) is 26.9. The van der Waals surface area contributed by atoms with Crippen molar-refractivity contribution >= 4 is 90.3 Å². The second-order valence-corrected chi connectivity index (χ2v) is 20.1.